The Kier molecular flexibility index (Phi) is 3.42. The summed E-state index contributed by atoms with van der Waals surface area (Å²) in [7, 11) is 0. The van der Waals surface area contributed by atoms with E-state index in [1.165, 1.54) is 13.8 Å². The maximum atomic E-state index is 12.7. The van der Waals surface area contributed by atoms with Gasteiger partial charge in [0.25, 0.3) is 5.69 Å². The van der Waals surface area contributed by atoms with Gasteiger partial charge >= 0.3 is 6.18 Å². The molecule has 0 radical (unpaired) electrons. The lowest BCUT2D eigenvalue weighted by Crippen LogP contribution is -2.14. The van der Waals surface area contributed by atoms with Crippen LogP contribution in [0.2, 0.25) is 0 Å². The van der Waals surface area contributed by atoms with Crippen LogP contribution in [0, 0.1) is 17.0 Å². The Labute approximate surface area is 95.4 Å². The number of hydrogen-bond donors (Lipinski definition) is 1. The summed E-state index contributed by atoms with van der Waals surface area (Å²) in [6.45, 7) is 2.73. The Morgan fingerprint density at radius 1 is 1.41 bits per heavy atom. The van der Waals surface area contributed by atoms with E-state index >= 15 is 0 Å². The maximum absolute atomic E-state index is 12.7. The number of nitro groups is 1. The highest BCUT2D eigenvalue weighted by molar-refractivity contribution is 5.47. The van der Waals surface area contributed by atoms with Gasteiger partial charge in [-0.25, -0.2) is 0 Å². The van der Waals surface area contributed by atoms with E-state index in [2.05, 4.69) is 0 Å². The number of nitrogens with two attached hydrogens (primary N) is 1. The summed E-state index contributed by atoms with van der Waals surface area (Å²) in [5.41, 5.74) is 3.95. The molecule has 0 aliphatic heterocycles. The molecular formula is C10H11F3N2O2. The van der Waals surface area contributed by atoms with Crippen molar-refractivity contribution in [1.29, 1.82) is 0 Å². The van der Waals surface area contributed by atoms with Gasteiger partial charge < -0.3 is 5.73 Å². The molecule has 0 saturated heterocycles. The third kappa shape index (κ3) is 2.73. The van der Waals surface area contributed by atoms with E-state index in [-0.39, 0.29) is 11.1 Å². The predicted molar refractivity (Wildman–Crippen MR) is 55.4 cm³/mol. The van der Waals surface area contributed by atoms with E-state index in [1.54, 1.807) is 0 Å². The smallest absolute Gasteiger partial charge is 0.324 e. The molecule has 94 valence electrons. The fraction of sp³-hybridized carbons (Fsp3) is 0.400. The summed E-state index contributed by atoms with van der Waals surface area (Å²) in [4.78, 5) is 9.70. The van der Waals surface area contributed by atoms with Crippen LogP contribution in [0.3, 0.4) is 0 Å². The largest absolute Gasteiger partial charge is 0.416 e. The maximum Gasteiger partial charge on any atom is 0.416 e. The molecule has 1 rings (SSSR count). The predicted octanol–water partition coefficient (Wildman–Crippen LogP) is 2.94. The number of non-ortho nitro benzene ring substituents is 1. The van der Waals surface area contributed by atoms with E-state index in [4.69, 9.17) is 5.73 Å². The second kappa shape index (κ2) is 4.33. The lowest BCUT2D eigenvalue weighted by atomic mass is 9.96. The minimum atomic E-state index is -4.63. The van der Waals surface area contributed by atoms with E-state index in [9.17, 15) is 23.3 Å². The van der Waals surface area contributed by atoms with E-state index < -0.39 is 28.4 Å². The third-order valence-electron chi connectivity index (χ3n) is 2.44. The Bertz CT molecular complexity index is 456. The van der Waals surface area contributed by atoms with Gasteiger partial charge in [-0.3, -0.25) is 10.1 Å². The molecule has 1 unspecified atom stereocenters. The van der Waals surface area contributed by atoms with Crippen molar-refractivity contribution < 1.29 is 18.1 Å². The van der Waals surface area contributed by atoms with Crippen molar-refractivity contribution in [3.8, 4) is 0 Å². The van der Waals surface area contributed by atoms with Crippen LogP contribution in [-0.4, -0.2) is 4.92 Å². The Hall–Kier alpha value is -1.63. The molecule has 0 heterocycles. The molecule has 0 saturated carbocycles. The fourth-order valence-corrected chi connectivity index (χ4v) is 1.59. The molecular weight excluding hydrogens is 237 g/mol. The van der Waals surface area contributed by atoms with Gasteiger partial charge in [0.2, 0.25) is 0 Å². The minimum Gasteiger partial charge on any atom is -0.324 e. The van der Waals surface area contributed by atoms with Gasteiger partial charge in [-0.2, -0.15) is 13.2 Å². The molecule has 4 nitrogen and oxygen atoms in total. The number of halogens is 3. The molecule has 1 aromatic carbocycles. The summed E-state index contributed by atoms with van der Waals surface area (Å²) < 4.78 is 38.0. The summed E-state index contributed by atoms with van der Waals surface area (Å²) in [5.74, 6) is 0. The molecule has 0 amide bonds. The molecule has 0 spiro atoms. The topological polar surface area (TPSA) is 69.2 Å². The first-order chi connectivity index (χ1) is 7.64. The average molecular weight is 248 g/mol. The third-order valence-corrected chi connectivity index (χ3v) is 2.44. The molecule has 0 bridgehead atoms. The van der Waals surface area contributed by atoms with Crippen molar-refractivity contribution in [3.05, 3.63) is 38.9 Å². The Balaban J connectivity index is 3.55. The van der Waals surface area contributed by atoms with Gasteiger partial charge in [0, 0.05) is 18.2 Å². The molecule has 0 aliphatic carbocycles. The zero-order valence-electron chi connectivity index (χ0n) is 9.21. The van der Waals surface area contributed by atoms with Crippen LogP contribution in [0.5, 0.6) is 0 Å². The second-order valence-corrected chi connectivity index (χ2v) is 3.75. The molecule has 1 atom stereocenters. The summed E-state index contributed by atoms with van der Waals surface area (Å²) in [6.07, 6.45) is -4.63. The van der Waals surface area contributed by atoms with Crippen molar-refractivity contribution in [2.45, 2.75) is 26.1 Å². The van der Waals surface area contributed by atoms with E-state index in [1.807, 2.05) is 0 Å². The SMILES string of the molecule is Cc1c(C(C)N)cc([N+](=O)[O-])cc1C(F)(F)F. The van der Waals surface area contributed by atoms with Crippen LogP contribution in [0.15, 0.2) is 12.1 Å². The number of nitrogens with zero attached hydrogens (tertiary/aromatic N) is 1. The first-order valence-corrected chi connectivity index (χ1v) is 4.76. The average Bonchev–Trinajstić information content (AvgIpc) is 2.15. The standard InChI is InChI=1S/C10H11F3N2O2/c1-5-8(6(2)14)3-7(15(16)17)4-9(5)10(11,12)13/h3-4,6H,14H2,1-2H3. The molecule has 2 N–H and O–H groups in total. The second-order valence-electron chi connectivity index (χ2n) is 3.75. The number of hydrogen-bond acceptors (Lipinski definition) is 3. The fourth-order valence-electron chi connectivity index (χ4n) is 1.59. The monoisotopic (exact) mass is 248 g/mol. The van der Waals surface area contributed by atoms with Crippen molar-refractivity contribution >= 4 is 5.69 Å². The van der Waals surface area contributed by atoms with Gasteiger partial charge in [-0.05, 0) is 25.0 Å². The summed E-state index contributed by atoms with van der Waals surface area (Å²) >= 11 is 0. The van der Waals surface area contributed by atoms with Crippen molar-refractivity contribution in [1.82, 2.24) is 0 Å². The molecule has 7 heteroatoms. The highest BCUT2D eigenvalue weighted by atomic mass is 19.4. The minimum absolute atomic E-state index is 0.0712. The van der Waals surface area contributed by atoms with Crippen LogP contribution < -0.4 is 5.73 Å². The number of rotatable bonds is 2. The molecule has 1 aromatic rings. The van der Waals surface area contributed by atoms with Gasteiger partial charge in [-0.15, -0.1) is 0 Å². The van der Waals surface area contributed by atoms with Crippen molar-refractivity contribution in [3.63, 3.8) is 0 Å². The van der Waals surface area contributed by atoms with Crippen molar-refractivity contribution in [2.24, 2.45) is 5.73 Å². The first kappa shape index (κ1) is 13.4. The Morgan fingerprint density at radius 3 is 2.29 bits per heavy atom. The zero-order valence-corrected chi connectivity index (χ0v) is 9.21. The highest BCUT2D eigenvalue weighted by Crippen LogP contribution is 2.37. The highest BCUT2D eigenvalue weighted by Gasteiger charge is 2.35. The summed E-state index contributed by atoms with van der Waals surface area (Å²) in [6, 6.07) is 0.909. The van der Waals surface area contributed by atoms with Gasteiger partial charge in [0.05, 0.1) is 10.5 Å². The molecule has 0 fully saturated rings. The molecule has 0 aliphatic rings. The van der Waals surface area contributed by atoms with Gasteiger partial charge in [-0.1, -0.05) is 0 Å². The summed E-state index contributed by atoms with van der Waals surface area (Å²) in [5, 5.41) is 10.6. The van der Waals surface area contributed by atoms with Gasteiger partial charge in [0.15, 0.2) is 0 Å². The zero-order chi connectivity index (χ0) is 13.4. The van der Waals surface area contributed by atoms with E-state index in [0.29, 0.717) is 6.07 Å². The van der Waals surface area contributed by atoms with Crippen LogP contribution in [0.25, 0.3) is 0 Å². The lowest BCUT2D eigenvalue weighted by Gasteiger charge is -2.16. The van der Waals surface area contributed by atoms with Crippen LogP contribution in [0.1, 0.15) is 29.7 Å². The molecule has 0 aromatic heterocycles. The normalized spacial score (nSPS) is 13.5. The van der Waals surface area contributed by atoms with Crippen LogP contribution in [-0.2, 0) is 6.18 Å². The van der Waals surface area contributed by atoms with Crippen LogP contribution >= 0.6 is 0 Å². The van der Waals surface area contributed by atoms with E-state index in [0.717, 1.165) is 6.07 Å². The van der Waals surface area contributed by atoms with Crippen LogP contribution in [0.4, 0.5) is 18.9 Å². The number of nitro benzene ring substituents is 1. The first-order valence-electron chi connectivity index (χ1n) is 4.76. The lowest BCUT2D eigenvalue weighted by molar-refractivity contribution is -0.385. The Morgan fingerprint density at radius 2 is 1.94 bits per heavy atom. The van der Waals surface area contributed by atoms with Gasteiger partial charge in [0.1, 0.15) is 0 Å². The molecule has 17 heavy (non-hydrogen) atoms. The quantitative estimate of drug-likeness (QED) is 0.646. The number of benzene rings is 1. The number of alkyl halides is 3. The van der Waals surface area contributed by atoms with Crippen molar-refractivity contribution in [2.75, 3.05) is 0 Å².